The molecule has 34 heavy (non-hydrogen) atoms. The van der Waals surface area contributed by atoms with E-state index in [0.29, 0.717) is 12.4 Å². The summed E-state index contributed by atoms with van der Waals surface area (Å²) in [7, 11) is 1.63. The summed E-state index contributed by atoms with van der Waals surface area (Å²) in [6, 6.07) is 9.74. The van der Waals surface area contributed by atoms with Crippen LogP contribution in [-0.2, 0) is 14.2 Å². The van der Waals surface area contributed by atoms with Crippen LogP contribution in [0.15, 0.2) is 49.1 Å². The lowest BCUT2D eigenvalue weighted by molar-refractivity contribution is -0.198. The molecule has 2 saturated heterocycles. The van der Waals surface area contributed by atoms with Crippen LogP contribution in [0.3, 0.4) is 0 Å². The second-order valence-electron chi connectivity index (χ2n) is 9.09. The number of aromatic nitrogens is 4. The predicted octanol–water partition coefficient (Wildman–Crippen LogP) is 3.79. The van der Waals surface area contributed by atoms with E-state index in [0.717, 1.165) is 33.4 Å². The SMILES string of the molecule is COc1cnc2cc(OC[C@H]3O[C@@H](n4ccc5c(C)ncnc54)[C@@H]4OC(C)(C)O[C@@H]43)ccc2c1. The second-order valence-corrected chi connectivity index (χ2v) is 9.09. The lowest BCUT2D eigenvalue weighted by Gasteiger charge is -2.25. The molecule has 1 aromatic carbocycles. The number of hydrogen-bond donors (Lipinski definition) is 0. The number of methoxy groups -OCH3 is 1. The number of nitrogens with zero attached hydrogens (tertiary/aromatic N) is 4. The molecule has 4 atom stereocenters. The zero-order valence-electron chi connectivity index (χ0n) is 19.5. The maximum absolute atomic E-state index is 6.45. The number of benzene rings is 1. The van der Waals surface area contributed by atoms with E-state index in [-0.39, 0.29) is 18.3 Å². The van der Waals surface area contributed by atoms with Crippen LogP contribution in [0.5, 0.6) is 11.5 Å². The molecular weight excluding hydrogens is 436 g/mol. The molecule has 4 aromatic rings. The average Bonchev–Trinajstić information content (AvgIpc) is 3.48. The van der Waals surface area contributed by atoms with Crippen LogP contribution in [0.25, 0.3) is 21.9 Å². The number of hydrogen-bond acceptors (Lipinski definition) is 8. The van der Waals surface area contributed by atoms with Crippen LogP contribution in [0.1, 0.15) is 25.8 Å². The molecule has 176 valence electrons. The van der Waals surface area contributed by atoms with Gasteiger partial charge in [-0.1, -0.05) is 0 Å². The molecule has 6 rings (SSSR count). The summed E-state index contributed by atoms with van der Waals surface area (Å²) < 4.78 is 32.3. The minimum absolute atomic E-state index is 0.275. The smallest absolute Gasteiger partial charge is 0.164 e. The lowest BCUT2D eigenvalue weighted by Crippen LogP contribution is -2.33. The number of pyridine rings is 1. The van der Waals surface area contributed by atoms with E-state index in [1.165, 1.54) is 0 Å². The van der Waals surface area contributed by atoms with Gasteiger partial charge in [0.25, 0.3) is 0 Å². The van der Waals surface area contributed by atoms with E-state index < -0.39 is 12.0 Å². The highest BCUT2D eigenvalue weighted by molar-refractivity contribution is 5.81. The quantitative estimate of drug-likeness (QED) is 0.443. The van der Waals surface area contributed by atoms with Crippen molar-refractivity contribution in [2.75, 3.05) is 13.7 Å². The highest BCUT2D eigenvalue weighted by Crippen LogP contribution is 2.44. The first-order valence-corrected chi connectivity index (χ1v) is 11.3. The molecule has 2 aliphatic rings. The molecule has 0 amide bonds. The summed E-state index contributed by atoms with van der Waals surface area (Å²) >= 11 is 0. The van der Waals surface area contributed by atoms with E-state index in [1.807, 2.05) is 61.9 Å². The van der Waals surface area contributed by atoms with Gasteiger partial charge in [-0.3, -0.25) is 4.98 Å². The van der Waals surface area contributed by atoms with Crippen LogP contribution in [0.4, 0.5) is 0 Å². The Bertz CT molecular complexity index is 1370. The van der Waals surface area contributed by atoms with Gasteiger partial charge in [-0.05, 0) is 45.0 Å². The summed E-state index contributed by atoms with van der Waals surface area (Å²) in [5, 5.41) is 1.97. The van der Waals surface area contributed by atoms with Gasteiger partial charge in [0, 0.05) is 23.0 Å². The summed E-state index contributed by atoms with van der Waals surface area (Å²) in [6.07, 6.45) is 3.95. The molecule has 0 radical (unpaired) electrons. The molecule has 3 aromatic heterocycles. The van der Waals surface area contributed by atoms with Gasteiger partial charge >= 0.3 is 0 Å². The number of rotatable bonds is 5. The molecule has 9 nitrogen and oxygen atoms in total. The zero-order chi connectivity index (χ0) is 23.4. The first kappa shape index (κ1) is 21.3. The van der Waals surface area contributed by atoms with Gasteiger partial charge < -0.3 is 28.3 Å². The Hall–Kier alpha value is -3.27. The van der Waals surface area contributed by atoms with E-state index in [2.05, 4.69) is 15.0 Å². The van der Waals surface area contributed by atoms with Crippen LogP contribution in [0, 0.1) is 6.92 Å². The Balaban J connectivity index is 1.25. The fourth-order valence-electron chi connectivity index (χ4n) is 4.78. The largest absolute Gasteiger partial charge is 0.495 e. The summed E-state index contributed by atoms with van der Waals surface area (Å²) in [4.78, 5) is 13.2. The van der Waals surface area contributed by atoms with Crippen LogP contribution in [-0.4, -0.2) is 57.3 Å². The Morgan fingerprint density at radius 2 is 1.88 bits per heavy atom. The third kappa shape index (κ3) is 3.56. The van der Waals surface area contributed by atoms with Crippen LogP contribution in [0.2, 0.25) is 0 Å². The van der Waals surface area contributed by atoms with E-state index in [1.54, 1.807) is 19.6 Å². The normalized spacial score (nSPS) is 25.6. The van der Waals surface area contributed by atoms with E-state index >= 15 is 0 Å². The molecule has 0 bridgehead atoms. The van der Waals surface area contributed by atoms with Gasteiger partial charge in [-0.2, -0.15) is 0 Å². The van der Waals surface area contributed by atoms with Gasteiger partial charge in [-0.15, -0.1) is 0 Å². The second kappa shape index (κ2) is 7.90. The molecular formula is C25H26N4O5. The Morgan fingerprint density at radius 1 is 1.03 bits per heavy atom. The molecule has 0 saturated carbocycles. The number of ether oxygens (including phenoxy) is 5. The van der Waals surface area contributed by atoms with Gasteiger partial charge in [0.15, 0.2) is 12.0 Å². The van der Waals surface area contributed by atoms with Crippen molar-refractivity contribution in [3.05, 3.63) is 54.7 Å². The van der Waals surface area contributed by atoms with Crippen molar-refractivity contribution in [1.29, 1.82) is 0 Å². The van der Waals surface area contributed by atoms with E-state index in [9.17, 15) is 0 Å². The van der Waals surface area contributed by atoms with Crippen molar-refractivity contribution in [1.82, 2.24) is 19.5 Å². The fraction of sp³-hybridized carbons (Fsp3) is 0.400. The molecule has 2 aliphatic heterocycles. The van der Waals surface area contributed by atoms with Gasteiger partial charge in [0.1, 0.15) is 48.4 Å². The van der Waals surface area contributed by atoms with Gasteiger partial charge in [0.2, 0.25) is 0 Å². The van der Waals surface area contributed by atoms with E-state index in [4.69, 9.17) is 23.7 Å². The molecule has 0 unspecified atom stereocenters. The maximum atomic E-state index is 6.45. The highest BCUT2D eigenvalue weighted by Gasteiger charge is 2.56. The monoisotopic (exact) mass is 462 g/mol. The highest BCUT2D eigenvalue weighted by atomic mass is 16.8. The molecule has 5 heterocycles. The molecule has 0 spiro atoms. The first-order chi connectivity index (χ1) is 16.4. The molecule has 0 N–H and O–H groups in total. The molecule has 0 aliphatic carbocycles. The Kier molecular flexibility index (Phi) is 4.94. The van der Waals surface area contributed by atoms with Crippen molar-refractivity contribution >= 4 is 21.9 Å². The average molecular weight is 463 g/mol. The minimum atomic E-state index is -0.713. The maximum Gasteiger partial charge on any atom is 0.164 e. The van der Waals surface area contributed by atoms with Crippen LogP contribution >= 0.6 is 0 Å². The van der Waals surface area contributed by atoms with Crippen molar-refractivity contribution < 1.29 is 23.7 Å². The van der Waals surface area contributed by atoms with Crippen molar-refractivity contribution in [3.8, 4) is 11.5 Å². The van der Waals surface area contributed by atoms with Crippen molar-refractivity contribution in [2.45, 2.75) is 51.1 Å². The topological polar surface area (TPSA) is 89.8 Å². The Morgan fingerprint density at radius 3 is 2.74 bits per heavy atom. The Labute approximate surface area is 196 Å². The third-order valence-corrected chi connectivity index (χ3v) is 6.39. The first-order valence-electron chi connectivity index (χ1n) is 11.3. The van der Waals surface area contributed by atoms with Crippen LogP contribution < -0.4 is 9.47 Å². The number of fused-ring (bicyclic) bond motifs is 3. The minimum Gasteiger partial charge on any atom is -0.495 e. The van der Waals surface area contributed by atoms with Gasteiger partial charge in [-0.25, -0.2) is 9.97 Å². The predicted molar refractivity (Wildman–Crippen MR) is 124 cm³/mol. The summed E-state index contributed by atoms with van der Waals surface area (Å²) in [6.45, 7) is 6.12. The lowest BCUT2D eigenvalue weighted by atomic mass is 10.1. The van der Waals surface area contributed by atoms with Gasteiger partial charge in [0.05, 0.1) is 24.5 Å². The summed E-state index contributed by atoms with van der Waals surface area (Å²) in [5.41, 5.74) is 2.56. The standard InChI is InChI=1S/C25H26N4O5/c1-14-18-7-8-29(23(18)28-13-27-14)24-22-21(33-25(2,3)34-22)20(32-24)12-31-16-6-5-15-9-17(30-4)11-26-19(15)10-16/h5-11,13,20-22,24H,12H2,1-4H3/t20-,21-,22-,24-/m1/s1. The summed E-state index contributed by atoms with van der Waals surface area (Å²) in [5.74, 6) is 0.716. The van der Waals surface area contributed by atoms with Crippen molar-refractivity contribution in [3.63, 3.8) is 0 Å². The number of aryl methyl sites for hydroxylation is 1. The fourth-order valence-corrected chi connectivity index (χ4v) is 4.78. The zero-order valence-corrected chi connectivity index (χ0v) is 19.5. The third-order valence-electron chi connectivity index (χ3n) is 6.39. The van der Waals surface area contributed by atoms with Crippen molar-refractivity contribution in [2.24, 2.45) is 0 Å². The molecule has 9 heteroatoms. The molecule has 2 fully saturated rings.